The Bertz CT molecular complexity index is 271. The summed E-state index contributed by atoms with van der Waals surface area (Å²) in [6, 6.07) is 0. The van der Waals surface area contributed by atoms with Crippen LogP contribution in [0.1, 0.15) is 11.8 Å². The van der Waals surface area contributed by atoms with Crippen molar-refractivity contribution >= 4 is 11.3 Å². The maximum atomic E-state index is 9.18. The van der Waals surface area contributed by atoms with Crippen LogP contribution in [0.15, 0.2) is 6.20 Å². The molecule has 3 N–H and O–H groups in total. The van der Waals surface area contributed by atoms with Crippen LogP contribution < -0.4 is 10.5 Å². The topological polar surface area (TPSA) is 68.4 Å². The maximum Gasteiger partial charge on any atom is 0.273 e. The second-order valence-corrected chi connectivity index (χ2v) is 4.11. The molecular formula is C8H14N2O2S. The van der Waals surface area contributed by atoms with Gasteiger partial charge in [0.15, 0.2) is 0 Å². The Hall–Kier alpha value is -0.650. The number of nitrogens with two attached hydrogens (primary N) is 1. The van der Waals surface area contributed by atoms with E-state index in [0.29, 0.717) is 11.7 Å². The summed E-state index contributed by atoms with van der Waals surface area (Å²) in [5, 5.41) is 9.78. The fourth-order valence-corrected chi connectivity index (χ4v) is 1.75. The van der Waals surface area contributed by atoms with E-state index < -0.39 is 5.41 Å². The Morgan fingerprint density at radius 3 is 2.85 bits per heavy atom. The van der Waals surface area contributed by atoms with E-state index in [4.69, 9.17) is 10.5 Å². The van der Waals surface area contributed by atoms with Crippen molar-refractivity contribution in [2.75, 3.05) is 20.3 Å². The molecule has 4 nitrogen and oxygen atoms in total. The molecule has 1 rings (SSSR count). The molecule has 0 saturated heterocycles. The quantitative estimate of drug-likeness (QED) is 0.739. The molecule has 13 heavy (non-hydrogen) atoms. The Balaban J connectivity index is 2.91. The molecular weight excluding hydrogens is 188 g/mol. The number of nitrogens with zero attached hydrogens (tertiary/aromatic N) is 1. The second-order valence-electron chi connectivity index (χ2n) is 3.12. The van der Waals surface area contributed by atoms with Crippen LogP contribution in [-0.2, 0) is 5.41 Å². The molecule has 0 aliphatic rings. The number of thiazole rings is 1. The van der Waals surface area contributed by atoms with E-state index in [9.17, 15) is 5.11 Å². The number of rotatable bonds is 4. The highest BCUT2D eigenvalue weighted by atomic mass is 32.1. The molecule has 0 bridgehead atoms. The summed E-state index contributed by atoms with van der Waals surface area (Å²) >= 11 is 1.42. The van der Waals surface area contributed by atoms with E-state index in [-0.39, 0.29) is 6.61 Å². The second kappa shape index (κ2) is 4.04. The van der Waals surface area contributed by atoms with E-state index >= 15 is 0 Å². The van der Waals surface area contributed by atoms with Gasteiger partial charge in [0.25, 0.3) is 5.19 Å². The summed E-state index contributed by atoms with van der Waals surface area (Å²) in [6.45, 7) is 2.32. The van der Waals surface area contributed by atoms with Crippen LogP contribution in [0.25, 0.3) is 0 Å². The fourth-order valence-electron chi connectivity index (χ4n) is 0.875. The van der Waals surface area contributed by atoms with Crippen LogP contribution >= 0.6 is 11.3 Å². The van der Waals surface area contributed by atoms with E-state index in [1.54, 1.807) is 13.3 Å². The van der Waals surface area contributed by atoms with Gasteiger partial charge in [-0.1, -0.05) is 18.3 Å². The SMILES string of the molecule is COc1ncc(C(C)(CN)CO)s1. The first-order valence-corrected chi connectivity index (χ1v) is 4.79. The lowest BCUT2D eigenvalue weighted by atomic mass is 9.91. The zero-order valence-corrected chi connectivity index (χ0v) is 8.60. The molecule has 74 valence electrons. The molecule has 0 aromatic carbocycles. The largest absolute Gasteiger partial charge is 0.473 e. The van der Waals surface area contributed by atoms with Gasteiger partial charge in [0.05, 0.1) is 13.7 Å². The first-order chi connectivity index (χ1) is 6.16. The van der Waals surface area contributed by atoms with Crippen molar-refractivity contribution in [1.29, 1.82) is 0 Å². The standard InChI is InChI=1S/C8H14N2O2S/c1-8(4-9,5-11)6-3-10-7(12-2)13-6/h3,11H,4-5,9H2,1-2H3. The minimum absolute atomic E-state index is 0.0227. The van der Waals surface area contributed by atoms with Crippen molar-refractivity contribution in [1.82, 2.24) is 4.98 Å². The first-order valence-electron chi connectivity index (χ1n) is 3.97. The Labute approximate surface area is 81.4 Å². The molecule has 1 atom stereocenters. The minimum Gasteiger partial charge on any atom is -0.473 e. The average molecular weight is 202 g/mol. The van der Waals surface area contributed by atoms with E-state index in [2.05, 4.69) is 4.98 Å². The number of ether oxygens (including phenoxy) is 1. The number of aromatic nitrogens is 1. The van der Waals surface area contributed by atoms with E-state index in [1.165, 1.54) is 11.3 Å². The van der Waals surface area contributed by atoms with Gasteiger partial charge in [0, 0.05) is 23.0 Å². The van der Waals surface area contributed by atoms with Crippen LogP contribution in [0.4, 0.5) is 0 Å². The number of hydrogen-bond acceptors (Lipinski definition) is 5. The summed E-state index contributed by atoms with van der Waals surface area (Å²) in [5.41, 5.74) is 5.18. The highest BCUT2D eigenvalue weighted by Crippen LogP contribution is 2.30. The van der Waals surface area contributed by atoms with Crippen LogP contribution in [0, 0.1) is 0 Å². The third-order valence-electron chi connectivity index (χ3n) is 2.05. The van der Waals surface area contributed by atoms with Crippen molar-refractivity contribution in [3.63, 3.8) is 0 Å². The summed E-state index contributed by atoms with van der Waals surface area (Å²) in [6.07, 6.45) is 1.70. The predicted molar refractivity (Wildman–Crippen MR) is 52.2 cm³/mol. The Morgan fingerprint density at radius 1 is 1.77 bits per heavy atom. The zero-order chi connectivity index (χ0) is 9.90. The normalized spacial score (nSPS) is 15.4. The van der Waals surface area contributed by atoms with Gasteiger partial charge >= 0.3 is 0 Å². The number of aliphatic hydroxyl groups excluding tert-OH is 1. The molecule has 0 spiro atoms. The molecule has 0 aliphatic heterocycles. The molecule has 5 heteroatoms. The Morgan fingerprint density at radius 2 is 2.46 bits per heavy atom. The van der Waals surface area contributed by atoms with Crippen LogP contribution in [0.3, 0.4) is 0 Å². The predicted octanol–water partition coefficient (Wildman–Crippen LogP) is 0.360. The lowest BCUT2D eigenvalue weighted by Gasteiger charge is -2.22. The molecule has 0 saturated carbocycles. The lowest BCUT2D eigenvalue weighted by molar-refractivity contribution is 0.212. The molecule has 1 aromatic rings. The van der Waals surface area contributed by atoms with Crippen molar-refractivity contribution < 1.29 is 9.84 Å². The molecule has 1 aromatic heterocycles. The smallest absolute Gasteiger partial charge is 0.273 e. The van der Waals surface area contributed by atoms with Crippen LogP contribution in [0.5, 0.6) is 5.19 Å². The number of methoxy groups -OCH3 is 1. The first kappa shape index (κ1) is 10.4. The van der Waals surface area contributed by atoms with Gasteiger partial charge in [-0.25, -0.2) is 4.98 Å². The van der Waals surface area contributed by atoms with Crippen molar-refractivity contribution in [3.8, 4) is 5.19 Å². The lowest BCUT2D eigenvalue weighted by Crippen LogP contribution is -2.34. The highest BCUT2D eigenvalue weighted by Gasteiger charge is 2.26. The van der Waals surface area contributed by atoms with E-state index in [1.807, 2.05) is 6.92 Å². The Kier molecular flexibility index (Phi) is 3.24. The van der Waals surface area contributed by atoms with Gasteiger partial charge in [0.2, 0.25) is 0 Å². The van der Waals surface area contributed by atoms with Gasteiger partial charge in [-0.05, 0) is 0 Å². The number of aliphatic hydroxyl groups is 1. The fraction of sp³-hybridized carbons (Fsp3) is 0.625. The summed E-state index contributed by atoms with van der Waals surface area (Å²) < 4.78 is 4.96. The maximum absolute atomic E-state index is 9.18. The van der Waals surface area contributed by atoms with Gasteiger partial charge in [-0.3, -0.25) is 0 Å². The minimum atomic E-state index is -0.394. The summed E-state index contributed by atoms with van der Waals surface area (Å²) in [7, 11) is 1.57. The third-order valence-corrected chi connectivity index (χ3v) is 3.32. The zero-order valence-electron chi connectivity index (χ0n) is 7.78. The summed E-state index contributed by atoms with van der Waals surface area (Å²) in [4.78, 5) is 4.98. The molecule has 1 unspecified atom stereocenters. The average Bonchev–Trinajstić information content (AvgIpc) is 2.65. The van der Waals surface area contributed by atoms with Crippen LogP contribution in [-0.4, -0.2) is 30.4 Å². The van der Waals surface area contributed by atoms with Crippen molar-refractivity contribution in [2.45, 2.75) is 12.3 Å². The summed E-state index contributed by atoms with van der Waals surface area (Å²) in [5.74, 6) is 0. The highest BCUT2D eigenvalue weighted by molar-refractivity contribution is 7.13. The van der Waals surface area contributed by atoms with Gasteiger partial charge in [-0.2, -0.15) is 0 Å². The molecule has 0 fully saturated rings. The third kappa shape index (κ3) is 1.99. The van der Waals surface area contributed by atoms with Gasteiger partial charge in [0.1, 0.15) is 0 Å². The van der Waals surface area contributed by atoms with E-state index in [0.717, 1.165) is 4.88 Å². The van der Waals surface area contributed by atoms with Crippen molar-refractivity contribution in [3.05, 3.63) is 11.1 Å². The van der Waals surface area contributed by atoms with Crippen LogP contribution in [0.2, 0.25) is 0 Å². The van der Waals surface area contributed by atoms with Gasteiger partial charge in [-0.15, -0.1) is 0 Å². The molecule has 0 aliphatic carbocycles. The van der Waals surface area contributed by atoms with Gasteiger partial charge < -0.3 is 15.6 Å². The molecule has 1 heterocycles. The van der Waals surface area contributed by atoms with Crippen molar-refractivity contribution in [2.24, 2.45) is 5.73 Å². The number of hydrogen-bond donors (Lipinski definition) is 2. The monoisotopic (exact) mass is 202 g/mol. The molecule has 0 radical (unpaired) electrons. The molecule has 0 amide bonds.